The van der Waals surface area contributed by atoms with Crippen LogP contribution in [0.3, 0.4) is 0 Å². The first-order chi connectivity index (χ1) is 15.0. The third-order valence-corrected chi connectivity index (χ3v) is 7.46. The monoisotopic (exact) mass is 487 g/mol. The third kappa shape index (κ3) is 4.59. The van der Waals surface area contributed by atoms with Crippen molar-refractivity contribution < 1.29 is 4.39 Å². The van der Waals surface area contributed by atoms with Gasteiger partial charge in [0.1, 0.15) is 0 Å². The number of rotatable bonds is 3. The van der Waals surface area contributed by atoms with Crippen LogP contribution in [0.5, 0.6) is 0 Å². The average Bonchev–Trinajstić information content (AvgIpc) is 3.27. The van der Waals surface area contributed by atoms with Crippen LogP contribution in [0.2, 0.25) is 0 Å². The zero-order valence-corrected chi connectivity index (χ0v) is 21.6. The number of hydrogen-bond acceptors (Lipinski definition) is 5. The van der Waals surface area contributed by atoms with E-state index in [2.05, 4.69) is 56.0 Å². The Hall–Kier alpha value is -2.22. The Bertz CT molecular complexity index is 1310. The summed E-state index contributed by atoms with van der Waals surface area (Å²) in [5, 5.41) is 4.79. The Morgan fingerprint density at radius 2 is 1.76 bits per heavy atom. The molecule has 0 spiro atoms. The highest BCUT2D eigenvalue weighted by Gasteiger charge is 2.39. The molecule has 0 radical (unpaired) electrons. The van der Waals surface area contributed by atoms with Crippen molar-refractivity contribution in [1.29, 1.82) is 0 Å². The standard InChI is InChI=1S/C25H30FN5S.ClH/c1-15-13-31-14-17(9-19(26)22(31)27-15)16-7-8-20-21(10-16)32-23(28-20)30(6)18-11-24(2,3)29-25(4,5)12-18;/h7-10,13-14,18,29H,11-12H2,1-6H3;1H. The van der Waals surface area contributed by atoms with Gasteiger partial charge in [0.15, 0.2) is 16.6 Å². The second kappa shape index (κ2) is 8.22. The van der Waals surface area contributed by atoms with Crippen LogP contribution < -0.4 is 10.2 Å². The van der Waals surface area contributed by atoms with Gasteiger partial charge in [-0.1, -0.05) is 17.4 Å². The molecule has 0 bridgehead atoms. The number of thiazole rings is 1. The van der Waals surface area contributed by atoms with Gasteiger partial charge in [0, 0.05) is 42.1 Å². The van der Waals surface area contributed by atoms with E-state index < -0.39 is 0 Å². The fourth-order valence-corrected chi connectivity index (χ4v) is 6.32. The van der Waals surface area contributed by atoms with E-state index in [1.54, 1.807) is 21.8 Å². The van der Waals surface area contributed by atoms with Gasteiger partial charge in [0.05, 0.1) is 15.9 Å². The lowest BCUT2D eigenvalue weighted by molar-refractivity contribution is 0.161. The van der Waals surface area contributed by atoms with Crippen molar-refractivity contribution in [2.75, 3.05) is 11.9 Å². The molecule has 1 aliphatic rings. The normalized spacial score (nSPS) is 17.9. The molecule has 33 heavy (non-hydrogen) atoms. The average molecular weight is 488 g/mol. The van der Waals surface area contributed by atoms with Crippen molar-refractivity contribution in [3.8, 4) is 11.1 Å². The number of pyridine rings is 1. The van der Waals surface area contributed by atoms with Crippen LogP contribution in [0, 0.1) is 12.7 Å². The maximum atomic E-state index is 14.6. The van der Waals surface area contributed by atoms with E-state index in [1.807, 2.05) is 31.5 Å². The predicted molar refractivity (Wildman–Crippen MR) is 138 cm³/mol. The Kier molecular flexibility index (Phi) is 5.96. The predicted octanol–water partition coefficient (Wildman–Crippen LogP) is 6.23. The number of hydrogen-bond donors (Lipinski definition) is 1. The molecule has 0 saturated carbocycles. The smallest absolute Gasteiger partial charge is 0.186 e. The number of nitrogens with one attached hydrogen (secondary N) is 1. The number of nitrogens with zero attached hydrogens (tertiary/aromatic N) is 4. The molecule has 1 fully saturated rings. The molecule has 0 aliphatic carbocycles. The Morgan fingerprint density at radius 1 is 1.06 bits per heavy atom. The first kappa shape index (κ1) is 23.9. The van der Waals surface area contributed by atoms with Crippen molar-refractivity contribution >= 4 is 44.7 Å². The first-order valence-electron chi connectivity index (χ1n) is 11.1. The van der Waals surface area contributed by atoms with Gasteiger partial charge < -0.3 is 14.6 Å². The highest BCUT2D eigenvalue weighted by molar-refractivity contribution is 7.22. The fourth-order valence-electron chi connectivity index (χ4n) is 5.28. The molecule has 176 valence electrons. The summed E-state index contributed by atoms with van der Waals surface area (Å²) in [6, 6.07) is 8.16. The van der Waals surface area contributed by atoms with Crippen LogP contribution in [-0.4, -0.2) is 38.5 Å². The number of aromatic nitrogens is 3. The van der Waals surface area contributed by atoms with Crippen LogP contribution in [0.15, 0.2) is 36.7 Å². The Morgan fingerprint density at radius 3 is 2.45 bits per heavy atom. The van der Waals surface area contributed by atoms with Gasteiger partial charge in [-0.2, -0.15) is 0 Å². The third-order valence-electron chi connectivity index (χ3n) is 6.36. The molecular formula is C25H31ClFN5S. The van der Waals surface area contributed by atoms with E-state index in [-0.39, 0.29) is 29.3 Å². The number of halogens is 2. The minimum absolute atomic E-state index is 0. The second-order valence-corrected chi connectivity index (χ2v) is 11.4. The van der Waals surface area contributed by atoms with Crippen molar-refractivity contribution in [3.05, 3.63) is 48.2 Å². The van der Waals surface area contributed by atoms with Crippen LogP contribution in [0.1, 0.15) is 46.2 Å². The minimum atomic E-state index is -0.309. The number of benzene rings is 1. The van der Waals surface area contributed by atoms with Gasteiger partial charge in [-0.3, -0.25) is 0 Å². The quantitative estimate of drug-likeness (QED) is 0.372. The summed E-state index contributed by atoms with van der Waals surface area (Å²) in [6.07, 6.45) is 5.92. The van der Waals surface area contributed by atoms with Crippen LogP contribution in [-0.2, 0) is 0 Å². The number of fused-ring (bicyclic) bond motifs is 2. The molecule has 0 atom stereocenters. The highest BCUT2D eigenvalue weighted by Crippen LogP contribution is 2.37. The molecule has 8 heteroatoms. The van der Waals surface area contributed by atoms with Crippen LogP contribution in [0.4, 0.5) is 9.52 Å². The summed E-state index contributed by atoms with van der Waals surface area (Å²) in [7, 11) is 2.16. The molecule has 4 aromatic rings. The minimum Gasteiger partial charge on any atom is -0.348 e. The molecule has 0 unspecified atom stereocenters. The summed E-state index contributed by atoms with van der Waals surface area (Å²) in [5.41, 5.74) is 4.12. The fraction of sp³-hybridized carbons (Fsp3) is 0.440. The zero-order chi connectivity index (χ0) is 22.8. The largest absolute Gasteiger partial charge is 0.348 e. The van der Waals surface area contributed by atoms with E-state index in [9.17, 15) is 4.39 Å². The zero-order valence-electron chi connectivity index (χ0n) is 19.9. The van der Waals surface area contributed by atoms with Gasteiger partial charge in [-0.15, -0.1) is 12.4 Å². The van der Waals surface area contributed by atoms with Crippen LogP contribution >= 0.6 is 23.7 Å². The number of aryl methyl sites for hydroxylation is 1. The molecular weight excluding hydrogens is 457 g/mol. The summed E-state index contributed by atoms with van der Waals surface area (Å²) in [6.45, 7) is 11.0. The van der Waals surface area contributed by atoms with Gasteiger partial charge in [0.2, 0.25) is 0 Å². The molecule has 1 N–H and O–H groups in total. The summed E-state index contributed by atoms with van der Waals surface area (Å²) < 4.78 is 17.5. The number of anilines is 1. The van der Waals surface area contributed by atoms with Crippen molar-refractivity contribution in [3.63, 3.8) is 0 Å². The first-order valence-corrected chi connectivity index (χ1v) is 11.9. The van der Waals surface area contributed by atoms with Crippen molar-refractivity contribution in [2.24, 2.45) is 0 Å². The Balaban J connectivity index is 0.00000259. The molecule has 4 heterocycles. The van der Waals surface area contributed by atoms with E-state index in [0.717, 1.165) is 45.0 Å². The summed E-state index contributed by atoms with van der Waals surface area (Å²) >= 11 is 1.70. The van der Waals surface area contributed by atoms with E-state index in [4.69, 9.17) is 4.98 Å². The number of imidazole rings is 1. The topological polar surface area (TPSA) is 45.5 Å². The van der Waals surface area contributed by atoms with Gasteiger partial charge in [0.25, 0.3) is 0 Å². The lowest BCUT2D eigenvalue weighted by Crippen LogP contribution is -2.61. The Labute approximate surface area is 204 Å². The van der Waals surface area contributed by atoms with Crippen molar-refractivity contribution in [2.45, 2.75) is 64.6 Å². The molecule has 3 aromatic heterocycles. The van der Waals surface area contributed by atoms with Crippen molar-refractivity contribution in [1.82, 2.24) is 19.7 Å². The molecule has 1 saturated heterocycles. The lowest BCUT2D eigenvalue weighted by Gasteiger charge is -2.48. The SMILES string of the molecule is Cc1cn2cc(-c3ccc4nc(N(C)C5CC(C)(C)NC(C)(C)C5)sc4c3)cc(F)c2n1.Cl. The van der Waals surface area contributed by atoms with Gasteiger partial charge >= 0.3 is 0 Å². The van der Waals surface area contributed by atoms with E-state index >= 15 is 0 Å². The molecule has 1 aromatic carbocycles. The molecule has 0 amide bonds. The van der Waals surface area contributed by atoms with Gasteiger partial charge in [-0.05, 0) is 71.2 Å². The maximum Gasteiger partial charge on any atom is 0.186 e. The second-order valence-electron chi connectivity index (χ2n) is 10.4. The lowest BCUT2D eigenvalue weighted by atomic mass is 9.79. The van der Waals surface area contributed by atoms with Crippen LogP contribution in [0.25, 0.3) is 27.0 Å². The maximum absolute atomic E-state index is 14.6. The van der Waals surface area contributed by atoms with Gasteiger partial charge in [-0.25, -0.2) is 14.4 Å². The molecule has 1 aliphatic heterocycles. The molecule has 5 nitrogen and oxygen atoms in total. The molecule has 5 rings (SSSR count). The van der Waals surface area contributed by atoms with E-state index in [0.29, 0.717) is 11.7 Å². The summed E-state index contributed by atoms with van der Waals surface area (Å²) in [4.78, 5) is 11.5. The van der Waals surface area contributed by atoms with E-state index in [1.165, 1.54) is 0 Å². The highest BCUT2D eigenvalue weighted by atomic mass is 35.5. The summed E-state index contributed by atoms with van der Waals surface area (Å²) in [5.74, 6) is -0.309. The number of piperidine rings is 1.